The molecule has 0 bridgehead atoms. The number of hydrogen-bond donors (Lipinski definition) is 0. The third kappa shape index (κ3) is 5.68. The van der Waals surface area contributed by atoms with Crippen LogP contribution in [0.1, 0.15) is 30.1 Å². The molecule has 7 nitrogen and oxygen atoms in total. The van der Waals surface area contributed by atoms with Crippen LogP contribution in [-0.4, -0.2) is 62.1 Å². The molecule has 1 aliphatic heterocycles. The zero-order chi connectivity index (χ0) is 22.4. The van der Waals surface area contributed by atoms with E-state index in [1.54, 1.807) is 29.2 Å². The maximum Gasteiger partial charge on any atom is 0.246 e. The first-order valence-corrected chi connectivity index (χ1v) is 11.5. The average Bonchev–Trinajstić information content (AvgIpc) is 2.77. The van der Waals surface area contributed by atoms with Gasteiger partial charge in [0.2, 0.25) is 15.9 Å². The van der Waals surface area contributed by atoms with Gasteiger partial charge < -0.3 is 9.64 Å². The second-order valence-corrected chi connectivity index (χ2v) is 9.15. The van der Waals surface area contributed by atoms with E-state index in [-0.39, 0.29) is 49.2 Å². The number of nitrogens with zero attached hydrogens (tertiary/aromatic N) is 2. The summed E-state index contributed by atoms with van der Waals surface area (Å²) in [6, 6.07) is 12.1. The van der Waals surface area contributed by atoms with E-state index in [1.807, 2.05) is 0 Å². The van der Waals surface area contributed by atoms with Gasteiger partial charge in [-0.1, -0.05) is 12.1 Å². The van der Waals surface area contributed by atoms with Crippen molar-refractivity contribution in [3.8, 4) is 5.75 Å². The van der Waals surface area contributed by atoms with Gasteiger partial charge in [-0.15, -0.1) is 0 Å². The van der Waals surface area contributed by atoms with Crippen LogP contribution in [0.25, 0.3) is 0 Å². The Morgan fingerprint density at radius 2 is 1.65 bits per heavy atom. The van der Waals surface area contributed by atoms with Crippen LogP contribution in [0.15, 0.2) is 53.4 Å². The van der Waals surface area contributed by atoms with E-state index in [9.17, 15) is 22.4 Å². The fourth-order valence-corrected chi connectivity index (χ4v) is 4.82. The molecule has 1 aliphatic rings. The van der Waals surface area contributed by atoms with E-state index >= 15 is 0 Å². The van der Waals surface area contributed by atoms with E-state index in [1.165, 1.54) is 29.4 Å². The molecule has 2 aromatic carbocycles. The van der Waals surface area contributed by atoms with Gasteiger partial charge in [-0.2, -0.15) is 4.31 Å². The Morgan fingerprint density at radius 3 is 2.26 bits per heavy atom. The molecule has 0 radical (unpaired) electrons. The zero-order valence-electron chi connectivity index (χ0n) is 17.3. The Labute approximate surface area is 181 Å². The molecule has 1 saturated heterocycles. The molecule has 9 heteroatoms. The van der Waals surface area contributed by atoms with E-state index in [0.717, 1.165) is 6.07 Å². The van der Waals surface area contributed by atoms with Crippen LogP contribution in [0.2, 0.25) is 0 Å². The maximum atomic E-state index is 13.9. The largest absolute Gasteiger partial charge is 0.494 e. The van der Waals surface area contributed by atoms with Gasteiger partial charge in [-0.3, -0.25) is 9.59 Å². The van der Waals surface area contributed by atoms with Crippen LogP contribution in [0.5, 0.6) is 5.75 Å². The van der Waals surface area contributed by atoms with Crippen molar-refractivity contribution in [3.63, 3.8) is 0 Å². The average molecular weight is 449 g/mol. The predicted octanol–water partition coefficient (Wildman–Crippen LogP) is 2.72. The summed E-state index contributed by atoms with van der Waals surface area (Å²) in [6.45, 7) is 2.63. The molecule has 1 heterocycles. The molecular weight excluding hydrogens is 423 g/mol. The van der Waals surface area contributed by atoms with Gasteiger partial charge in [0.15, 0.2) is 5.78 Å². The molecule has 0 unspecified atom stereocenters. The number of hydrogen-bond acceptors (Lipinski definition) is 5. The number of ether oxygens (including phenoxy) is 1. The van der Waals surface area contributed by atoms with Crippen molar-refractivity contribution in [2.75, 3.05) is 32.8 Å². The Hall–Kier alpha value is -2.78. The number of rotatable bonds is 8. The summed E-state index contributed by atoms with van der Waals surface area (Å²) in [5.74, 6) is -0.237. The van der Waals surface area contributed by atoms with Gasteiger partial charge in [0.05, 0.1) is 6.61 Å². The monoisotopic (exact) mass is 448 g/mol. The van der Waals surface area contributed by atoms with Crippen molar-refractivity contribution in [1.29, 1.82) is 0 Å². The van der Waals surface area contributed by atoms with Gasteiger partial charge in [0.1, 0.15) is 16.5 Å². The molecular formula is C22H25FN2O5S. The number of halogens is 1. The molecule has 1 fully saturated rings. The topological polar surface area (TPSA) is 84.0 Å². The highest BCUT2D eigenvalue weighted by atomic mass is 32.2. The number of benzene rings is 2. The fourth-order valence-electron chi connectivity index (χ4n) is 3.33. The summed E-state index contributed by atoms with van der Waals surface area (Å²) in [4.78, 5) is 25.0. The molecule has 31 heavy (non-hydrogen) atoms. The van der Waals surface area contributed by atoms with Crippen molar-refractivity contribution in [1.82, 2.24) is 9.21 Å². The molecule has 0 saturated carbocycles. The lowest BCUT2D eigenvalue weighted by Crippen LogP contribution is -2.50. The SMILES string of the molecule is CC(=O)c1ccc(OCCCC(=O)N2CCN(S(=O)(=O)c3ccccc3F)CC2)cc1. The number of ketones is 1. The Morgan fingerprint density at radius 1 is 1.00 bits per heavy atom. The molecule has 0 N–H and O–H groups in total. The minimum atomic E-state index is -3.92. The van der Waals surface area contributed by atoms with Crippen LogP contribution >= 0.6 is 0 Å². The maximum absolute atomic E-state index is 13.9. The summed E-state index contributed by atoms with van der Waals surface area (Å²) < 4.78 is 46.0. The zero-order valence-corrected chi connectivity index (χ0v) is 18.1. The lowest BCUT2D eigenvalue weighted by molar-refractivity contribution is -0.132. The Bertz CT molecular complexity index is 1030. The summed E-state index contributed by atoms with van der Waals surface area (Å²) in [6.07, 6.45) is 0.798. The molecule has 0 aromatic heterocycles. The second kappa shape index (κ2) is 10.0. The van der Waals surface area contributed by atoms with Crippen LogP contribution in [-0.2, 0) is 14.8 Å². The van der Waals surface area contributed by atoms with Crippen molar-refractivity contribution in [2.45, 2.75) is 24.7 Å². The number of carbonyl (C=O) groups excluding carboxylic acids is 2. The van der Waals surface area contributed by atoms with Crippen molar-refractivity contribution in [2.24, 2.45) is 0 Å². The van der Waals surface area contributed by atoms with Crippen LogP contribution in [0.4, 0.5) is 4.39 Å². The standard InChI is InChI=1S/C22H25FN2O5S/c1-17(26)18-8-10-19(11-9-18)30-16-4-7-22(27)24-12-14-25(15-13-24)31(28,29)21-6-3-2-5-20(21)23/h2-3,5-6,8-11H,4,7,12-16H2,1H3. The fraction of sp³-hybridized carbons (Fsp3) is 0.364. The first-order chi connectivity index (χ1) is 14.8. The van der Waals surface area contributed by atoms with Crippen molar-refractivity contribution >= 4 is 21.7 Å². The summed E-state index contributed by atoms with van der Waals surface area (Å²) in [5.41, 5.74) is 0.610. The normalized spacial score (nSPS) is 15.0. The number of sulfonamides is 1. The first-order valence-electron chi connectivity index (χ1n) is 10.1. The summed E-state index contributed by atoms with van der Waals surface area (Å²) in [5, 5.41) is 0. The minimum absolute atomic E-state index is 0.0149. The molecule has 0 atom stereocenters. The van der Waals surface area contributed by atoms with Crippen LogP contribution in [0, 0.1) is 5.82 Å². The molecule has 3 rings (SSSR count). The minimum Gasteiger partial charge on any atom is -0.494 e. The van der Waals surface area contributed by atoms with Gasteiger partial charge in [-0.05, 0) is 49.7 Å². The molecule has 1 amide bonds. The van der Waals surface area contributed by atoms with E-state index < -0.39 is 15.8 Å². The van der Waals surface area contributed by atoms with E-state index in [2.05, 4.69) is 0 Å². The van der Waals surface area contributed by atoms with Gasteiger partial charge >= 0.3 is 0 Å². The van der Waals surface area contributed by atoms with Crippen LogP contribution in [0.3, 0.4) is 0 Å². The molecule has 2 aromatic rings. The van der Waals surface area contributed by atoms with Crippen molar-refractivity contribution < 1.29 is 27.1 Å². The van der Waals surface area contributed by atoms with Gasteiger partial charge in [0.25, 0.3) is 0 Å². The number of carbonyl (C=O) groups is 2. The third-order valence-electron chi connectivity index (χ3n) is 5.11. The smallest absolute Gasteiger partial charge is 0.246 e. The number of amides is 1. The van der Waals surface area contributed by atoms with Gasteiger partial charge in [-0.25, -0.2) is 12.8 Å². The lowest BCUT2D eigenvalue weighted by atomic mass is 10.1. The lowest BCUT2D eigenvalue weighted by Gasteiger charge is -2.34. The highest BCUT2D eigenvalue weighted by molar-refractivity contribution is 7.89. The Kier molecular flexibility index (Phi) is 7.40. The second-order valence-electron chi connectivity index (χ2n) is 7.25. The van der Waals surface area contributed by atoms with Crippen molar-refractivity contribution in [3.05, 3.63) is 59.9 Å². The number of piperazine rings is 1. The summed E-state index contributed by atoms with van der Waals surface area (Å²) >= 11 is 0. The van der Waals surface area contributed by atoms with E-state index in [4.69, 9.17) is 4.74 Å². The highest BCUT2D eigenvalue weighted by Crippen LogP contribution is 2.20. The summed E-state index contributed by atoms with van der Waals surface area (Å²) in [7, 11) is -3.92. The Balaban J connectivity index is 1.43. The third-order valence-corrected chi connectivity index (χ3v) is 7.04. The number of Topliss-reactive ketones (excluding diaryl/α,β-unsaturated/α-hetero) is 1. The quantitative estimate of drug-likeness (QED) is 0.458. The molecule has 0 aliphatic carbocycles. The molecule has 166 valence electrons. The molecule has 0 spiro atoms. The van der Waals surface area contributed by atoms with Gasteiger partial charge in [0, 0.05) is 38.2 Å². The first kappa shape index (κ1) is 22.9. The highest BCUT2D eigenvalue weighted by Gasteiger charge is 2.31. The van der Waals surface area contributed by atoms with E-state index in [0.29, 0.717) is 24.3 Å². The van der Waals surface area contributed by atoms with Crippen LogP contribution < -0.4 is 4.74 Å². The predicted molar refractivity (Wildman–Crippen MR) is 113 cm³/mol.